The normalized spacial score (nSPS) is 15.3. The van der Waals surface area contributed by atoms with E-state index in [-0.39, 0.29) is 11.1 Å². The fraction of sp³-hybridized carbons (Fsp3) is 0.273. The number of nitrogens with zero attached hydrogens (tertiary/aromatic N) is 1. The van der Waals surface area contributed by atoms with E-state index in [1.807, 2.05) is 38.1 Å². The Labute approximate surface area is 179 Å². The van der Waals surface area contributed by atoms with Gasteiger partial charge in [-0.15, -0.1) is 0 Å². The molecule has 0 spiro atoms. The molecule has 2 aromatic carbocycles. The topological polar surface area (TPSA) is 55.8 Å². The Balaban J connectivity index is 1.87. The quantitative estimate of drug-likeness (QED) is 0.527. The van der Waals surface area contributed by atoms with Gasteiger partial charge in [0, 0.05) is 6.54 Å². The summed E-state index contributed by atoms with van der Waals surface area (Å²) in [5, 5.41) is 0.113. The number of thioether (sulfide) groups is 1. The Morgan fingerprint density at radius 3 is 2.59 bits per heavy atom. The molecule has 1 heterocycles. The van der Waals surface area contributed by atoms with Gasteiger partial charge in [-0.05, 0) is 61.9 Å². The smallest absolute Gasteiger partial charge is 0.293 e. The van der Waals surface area contributed by atoms with E-state index in [0.29, 0.717) is 46.7 Å². The summed E-state index contributed by atoms with van der Waals surface area (Å²) in [6, 6.07) is 11.5. The third-order valence-electron chi connectivity index (χ3n) is 4.28. The second-order valence-corrected chi connectivity index (χ2v) is 7.87. The number of hydrogen-bond acceptors (Lipinski definition) is 5. The van der Waals surface area contributed by atoms with Crippen LogP contribution in [0.2, 0.25) is 5.02 Å². The van der Waals surface area contributed by atoms with Crippen molar-refractivity contribution < 1.29 is 19.1 Å². The molecule has 1 saturated heterocycles. The van der Waals surface area contributed by atoms with Gasteiger partial charge in [0.25, 0.3) is 11.1 Å². The molecule has 2 amide bonds. The number of carbonyl (C=O) groups is 2. The van der Waals surface area contributed by atoms with Crippen molar-refractivity contribution in [2.24, 2.45) is 0 Å². The number of benzene rings is 2. The Kier molecular flexibility index (Phi) is 6.87. The van der Waals surface area contributed by atoms with Crippen LogP contribution in [0.5, 0.6) is 11.5 Å². The first-order valence-corrected chi connectivity index (χ1v) is 10.5. The van der Waals surface area contributed by atoms with Crippen molar-refractivity contribution in [3.8, 4) is 11.5 Å². The number of hydrogen-bond donors (Lipinski definition) is 0. The largest absolute Gasteiger partial charge is 0.490 e. The first kappa shape index (κ1) is 21.3. The molecule has 1 fully saturated rings. The molecule has 0 unspecified atom stereocenters. The number of ether oxygens (including phenoxy) is 2. The average Bonchev–Trinajstić information content (AvgIpc) is 2.94. The molecule has 2 aromatic rings. The summed E-state index contributed by atoms with van der Waals surface area (Å²) in [5.41, 5.74) is 2.85. The van der Waals surface area contributed by atoms with Crippen LogP contribution in [0.4, 0.5) is 4.79 Å². The molecule has 0 aromatic heterocycles. The highest BCUT2D eigenvalue weighted by atomic mass is 35.5. The standard InChI is InChI=1S/C22H22ClNO4S/c1-4-24-21(25)19(29-22(24)26)12-16-10-17(23)20(18(11-16)27-5-2)28-13-15-8-6-7-14(3)9-15/h6-12H,4-5,13H2,1-3H3/b19-12+. The summed E-state index contributed by atoms with van der Waals surface area (Å²) < 4.78 is 11.7. The monoisotopic (exact) mass is 431 g/mol. The maximum atomic E-state index is 12.3. The Bertz CT molecular complexity index is 973. The van der Waals surface area contributed by atoms with Crippen molar-refractivity contribution in [2.75, 3.05) is 13.2 Å². The van der Waals surface area contributed by atoms with Gasteiger partial charge in [-0.1, -0.05) is 41.4 Å². The average molecular weight is 432 g/mol. The van der Waals surface area contributed by atoms with E-state index in [1.54, 1.807) is 25.1 Å². The van der Waals surface area contributed by atoms with Crippen LogP contribution in [0.3, 0.4) is 0 Å². The summed E-state index contributed by atoms with van der Waals surface area (Å²) in [4.78, 5) is 25.8. The second-order valence-electron chi connectivity index (χ2n) is 6.47. The molecular formula is C22H22ClNO4S. The summed E-state index contributed by atoms with van der Waals surface area (Å²) in [7, 11) is 0. The minimum Gasteiger partial charge on any atom is -0.490 e. The predicted molar refractivity (Wildman–Crippen MR) is 116 cm³/mol. The van der Waals surface area contributed by atoms with Crippen LogP contribution in [0.25, 0.3) is 6.08 Å². The van der Waals surface area contributed by atoms with Crippen molar-refractivity contribution in [1.29, 1.82) is 0 Å². The highest BCUT2D eigenvalue weighted by molar-refractivity contribution is 8.18. The van der Waals surface area contributed by atoms with E-state index in [2.05, 4.69) is 0 Å². The lowest BCUT2D eigenvalue weighted by atomic mass is 10.1. The SMILES string of the molecule is CCOc1cc(/C=C2/SC(=O)N(CC)C2=O)cc(Cl)c1OCc1cccc(C)c1. The summed E-state index contributed by atoms with van der Waals surface area (Å²) >= 11 is 7.39. The molecule has 7 heteroatoms. The highest BCUT2D eigenvalue weighted by Gasteiger charge is 2.33. The van der Waals surface area contributed by atoms with E-state index in [0.717, 1.165) is 22.9 Å². The minimum atomic E-state index is -0.295. The third kappa shape index (κ3) is 4.95. The lowest BCUT2D eigenvalue weighted by molar-refractivity contribution is -0.122. The molecule has 0 aliphatic carbocycles. The summed E-state index contributed by atoms with van der Waals surface area (Å²) in [6.45, 7) is 6.81. The van der Waals surface area contributed by atoms with E-state index in [1.165, 1.54) is 4.90 Å². The molecule has 0 radical (unpaired) electrons. The number of carbonyl (C=O) groups excluding carboxylic acids is 2. The molecule has 0 N–H and O–H groups in total. The molecule has 152 valence electrons. The maximum absolute atomic E-state index is 12.3. The van der Waals surface area contributed by atoms with Gasteiger partial charge in [0.1, 0.15) is 6.61 Å². The van der Waals surface area contributed by atoms with Gasteiger partial charge in [-0.25, -0.2) is 0 Å². The van der Waals surface area contributed by atoms with Gasteiger partial charge in [-0.2, -0.15) is 0 Å². The van der Waals surface area contributed by atoms with Crippen molar-refractivity contribution >= 4 is 40.6 Å². The van der Waals surface area contributed by atoms with E-state index < -0.39 is 0 Å². The number of rotatable bonds is 7. The molecule has 3 rings (SSSR count). The number of aryl methyl sites for hydroxylation is 1. The lowest BCUT2D eigenvalue weighted by Gasteiger charge is -2.15. The number of imide groups is 1. The van der Waals surface area contributed by atoms with E-state index in [9.17, 15) is 9.59 Å². The van der Waals surface area contributed by atoms with Gasteiger partial charge in [0.2, 0.25) is 0 Å². The van der Waals surface area contributed by atoms with Gasteiger partial charge in [0.05, 0.1) is 16.5 Å². The second kappa shape index (κ2) is 9.37. The summed E-state index contributed by atoms with van der Waals surface area (Å²) in [6.07, 6.45) is 1.65. The third-order valence-corrected chi connectivity index (χ3v) is 5.47. The van der Waals surface area contributed by atoms with E-state index in [4.69, 9.17) is 21.1 Å². The Hall–Kier alpha value is -2.44. The minimum absolute atomic E-state index is 0.266. The van der Waals surface area contributed by atoms with Crippen molar-refractivity contribution in [3.63, 3.8) is 0 Å². The van der Waals surface area contributed by atoms with Gasteiger partial charge in [0.15, 0.2) is 11.5 Å². The number of likely N-dealkylation sites (N-methyl/N-ethyl adjacent to an activating group) is 1. The van der Waals surface area contributed by atoms with E-state index >= 15 is 0 Å². The van der Waals surface area contributed by atoms with Crippen molar-refractivity contribution in [1.82, 2.24) is 4.90 Å². The van der Waals surface area contributed by atoms with Crippen LogP contribution in [0.15, 0.2) is 41.3 Å². The molecule has 0 bridgehead atoms. The molecule has 1 aliphatic heterocycles. The van der Waals surface area contributed by atoms with Crippen molar-refractivity contribution in [2.45, 2.75) is 27.4 Å². The maximum Gasteiger partial charge on any atom is 0.293 e. The zero-order valence-electron chi connectivity index (χ0n) is 16.5. The zero-order valence-corrected chi connectivity index (χ0v) is 18.1. The highest BCUT2D eigenvalue weighted by Crippen LogP contribution is 2.39. The summed E-state index contributed by atoms with van der Waals surface area (Å²) in [5.74, 6) is 0.652. The molecule has 5 nitrogen and oxygen atoms in total. The fourth-order valence-electron chi connectivity index (χ4n) is 2.96. The molecule has 29 heavy (non-hydrogen) atoms. The van der Waals surface area contributed by atoms with Crippen LogP contribution >= 0.6 is 23.4 Å². The van der Waals surface area contributed by atoms with Crippen LogP contribution < -0.4 is 9.47 Å². The van der Waals surface area contributed by atoms with Crippen molar-refractivity contribution in [3.05, 3.63) is 63.0 Å². The Morgan fingerprint density at radius 2 is 1.93 bits per heavy atom. The van der Waals surface area contributed by atoms with Gasteiger partial charge in [-0.3, -0.25) is 14.5 Å². The van der Waals surface area contributed by atoms with Crippen LogP contribution in [0, 0.1) is 6.92 Å². The first-order valence-electron chi connectivity index (χ1n) is 9.33. The van der Waals surface area contributed by atoms with Gasteiger partial charge < -0.3 is 9.47 Å². The van der Waals surface area contributed by atoms with Gasteiger partial charge >= 0.3 is 0 Å². The molecule has 0 saturated carbocycles. The van der Waals surface area contributed by atoms with Crippen LogP contribution in [-0.4, -0.2) is 29.2 Å². The molecule has 1 aliphatic rings. The zero-order chi connectivity index (χ0) is 21.0. The lowest BCUT2D eigenvalue weighted by Crippen LogP contribution is -2.27. The van der Waals surface area contributed by atoms with Crippen LogP contribution in [-0.2, 0) is 11.4 Å². The fourth-order valence-corrected chi connectivity index (χ4v) is 4.13. The Morgan fingerprint density at radius 1 is 1.14 bits per heavy atom. The number of halogens is 1. The molecule has 0 atom stereocenters. The first-order chi connectivity index (χ1) is 13.9. The predicted octanol–water partition coefficient (Wildman–Crippen LogP) is 5.68. The number of amides is 2. The molecular weight excluding hydrogens is 410 g/mol. The van der Waals surface area contributed by atoms with Crippen LogP contribution in [0.1, 0.15) is 30.5 Å².